The molecule has 6 heteroatoms. The number of carbonyl (C=O) groups excluding carboxylic acids is 2. The van der Waals surface area contributed by atoms with Crippen molar-refractivity contribution in [2.24, 2.45) is 0 Å². The average molecular weight is 370 g/mol. The van der Waals surface area contributed by atoms with Crippen LogP contribution in [0.25, 0.3) is 0 Å². The fourth-order valence-electron chi connectivity index (χ4n) is 3.14. The molecule has 4 nitrogen and oxygen atoms in total. The van der Waals surface area contributed by atoms with Crippen LogP contribution < -0.4 is 5.32 Å². The Morgan fingerprint density at radius 2 is 2.00 bits per heavy atom. The summed E-state index contributed by atoms with van der Waals surface area (Å²) in [7, 11) is 0. The van der Waals surface area contributed by atoms with Crippen LogP contribution in [0.15, 0.2) is 53.4 Å². The van der Waals surface area contributed by atoms with Crippen molar-refractivity contribution in [2.45, 2.75) is 42.0 Å². The van der Waals surface area contributed by atoms with Crippen LogP contribution in [0.3, 0.4) is 0 Å². The Kier molecular flexibility index (Phi) is 4.68. The first-order valence-corrected chi connectivity index (χ1v) is 9.58. The first kappa shape index (κ1) is 17.1. The van der Waals surface area contributed by atoms with Crippen LogP contribution in [0, 0.1) is 5.82 Å². The van der Waals surface area contributed by atoms with Gasteiger partial charge >= 0.3 is 0 Å². The van der Waals surface area contributed by atoms with Gasteiger partial charge < -0.3 is 10.2 Å². The summed E-state index contributed by atoms with van der Waals surface area (Å²) in [5, 5.41) is 2.44. The molecule has 1 N–H and O–H groups in total. The third-order valence-corrected chi connectivity index (χ3v) is 5.89. The molecule has 2 aromatic rings. The van der Waals surface area contributed by atoms with Gasteiger partial charge in [0.2, 0.25) is 11.8 Å². The second-order valence-corrected chi connectivity index (χ2v) is 7.92. The number of halogens is 1. The maximum absolute atomic E-state index is 13.4. The number of rotatable bonds is 5. The molecule has 26 heavy (non-hydrogen) atoms. The third-order valence-electron chi connectivity index (χ3n) is 4.62. The van der Waals surface area contributed by atoms with E-state index in [0.29, 0.717) is 6.54 Å². The average Bonchev–Trinajstić information content (AvgIpc) is 3.45. The molecular formula is C20H19FN2O2S. The maximum Gasteiger partial charge on any atom is 0.238 e. The Labute approximate surface area is 155 Å². The summed E-state index contributed by atoms with van der Waals surface area (Å²) < 4.78 is 13.4. The molecule has 2 aromatic carbocycles. The van der Waals surface area contributed by atoms with Gasteiger partial charge in [-0.05, 0) is 42.7 Å². The summed E-state index contributed by atoms with van der Waals surface area (Å²) >= 11 is 1.43. The minimum Gasteiger partial charge on any atom is -0.335 e. The van der Waals surface area contributed by atoms with E-state index in [9.17, 15) is 14.0 Å². The van der Waals surface area contributed by atoms with E-state index in [1.165, 1.54) is 23.9 Å². The molecule has 1 fully saturated rings. The van der Waals surface area contributed by atoms with Crippen LogP contribution in [0.1, 0.15) is 24.8 Å². The lowest BCUT2D eigenvalue weighted by Gasteiger charge is -2.27. The van der Waals surface area contributed by atoms with Gasteiger partial charge in [-0.2, -0.15) is 0 Å². The molecule has 0 aromatic heterocycles. The largest absolute Gasteiger partial charge is 0.335 e. The van der Waals surface area contributed by atoms with E-state index in [0.717, 1.165) is 29.0 Å². The smallest absolute Gasteiger partial charge is 0.238 e. The molecule has 1 aliphatic carbocycles. The number of amides is 2. The molecular weight excluding hydrogens is 351 g/mol. The summed E-state index contributed by atoms with van der Waals surface area (Å²) in [6.45, 7) is 0.386. The lowest BCUT2D eigenvalue weighted by Crippen LogP contribution is -2.38. The Morgan fingerprint density at radius 3 is 2.77 bits per heavy atom. The van der Waals surface area contributed by atoms with E-state index in [2.05, 4.69) is 5.32 Å². The summed E-state index contributed by atoms with van der Waals surface area (Å²) in [6, 6.07) is 14.1. The zero-order valence-corrected chi connectivity index (χ0v) is 15.0. The number of anilines is 1. The van der Waals surface area contributed by atoms with E-state index in [-0.39, 0.29) is 30.1 Å². The van der Waals surface area contributed by atoms with Crippen LogP contribution >= 0.6 is 11.8 Å². The van der Waals surface area contributed by atoms with Crippen molar-refractivity contribution < 1.29 is 14.0 Å². The molecule has 0 bridgehead atoms. The van der Waals surface area contributed by atoms with Gasteiger partial charge in [-0.25, -0.2) is 4.39 Å². The Morgan fingerprint density at radius 1 is 1.19 bits per heavy atom. The molecule has 1 saturated carbocycles. The Bertz CT molecular complexity index is 853. The summed E-state index contributed by atoms with van der Waals surface area (Å²) in [4.78, 5) is 28.0. The second-order valence-electron chi connectivity index (χ2n) is 6.68. The molecule has 0 spiro atoms. The van der Waals surface area contributed by atoms with Gasteiger partial charge in [-0.3, -0.25) is 9.59 Å². The van der Waals surface area contributed by atoms with E-state index in [1.807, 2.05) is 30.3 Å². The van der Waals surface area contributed by atoms with Crippen LogP contribution in [-0.2, 0) is 16.1 Å². The van der Waals surface area contributed by atoms with Crippen molar-refractivity contribution in [3.8, 4) is 0 Å². The molecule has 0 saturated heterocycles. The number of nitrogens with one attached hydrogen (secondary N) is 1. The van der Waals surface area contributed by atoms with Crippen molar-refractivity contribution in [2.75, 3.05) is 5.32 Å². The molecule has 1 atom stereocenters. The van der Waals surface area contributed by atoms with Crippen LogP contribution in [0.4, 0.5) is 10.1 Å². The lowest BCUT2D eigenvalue weighted by atomic mass is 10.1. The number of hydrogen-bond donors (Lipinski definition) is 1. The molecule has 1 heterocycles. The van der Waals surface area contributed by atoms with Crippen molar-refractivity contribution in [1.29, 1.82) is 0 Å². The first-order valence-electron chi connectivity index (χ1n) is 8.70. The summed E-state index contributed by atoms with van der Waals surface area (Å²) in [6.07, 6.45) is 2.08. The predicted molar refractivity (Wildman–Crippen MR) is 99.3 cm³/mol. The molecule has 1 aliphatic heterocycles. The molecule has 134 valence electrons. The molecule has 4 rings (SSSR count). The van der Waals surface area contributed by atoms with Crippen LogP contribution in [-0.4, -0.2) is 28.0 Å². The van der Waals surface area contributed by atoms with Crippen molar-refractivity contribution in [3.63, 3.8) is 0 Å². The van der Waals surface area contributed by atoms with Crippen molar-refractivity contribution in [1.82, 2.24) is 4.90 Å². The minimum atomic E-state index is -0.439. The highest BCUT2D eigenvalue weighted by Crippen LogP contribution is 2.37. The number of thioether (sulfide) groups is 1. The number of hydrogen-bond acceptors (Lipinski definition) is 3. The lowest BCUT2D eigenvalue weighted by molar-refractivity contribution is -0.133. The van der Waals surface area contributed by atoms with Gasteiger partial charge in [0.25, 0.3) is 0 Å². The number of benzene rings is 2. The highest BCUT2D eigenvalue weighted by molar-refractivity contribution is 8.01. The predicted octanol–water partition coefficient (Wildman–Crippen LogP) is 3.82. The summed E-state index contributed by atoms with van der Waals surface area (Å²) in [5.74, 6) is -0.489. The van der Waals surface area contributed by atoms with Crippen LogP contribution in [0.2, 0.25) is 0 Å². The highest BCUT2D eigenvalue weighted by Gasteiger charge is 2.36. The number of carbonyl (C=O) groups is 2. The van der Waals surface area contributed by atoms with E-state index >= 15 is 0 Å². The molecule has 1 unspecified atom stereocenters. The van der Waals surface area contributed by atoms with Gasteiger partial charge in [-0.1, -0.05) is 24.3 Å². The number of para-hydroxylation sites is 1. The van der Waals surface area contributed by atoms with Crippen LogP contribution in [0.5, 0.6) is 0 Å². The third kappa shape index (κ3) is 3.75. The zero-order chi connectivity index (χ0) is 18.1. The fraction of sp³-hybridized carbons (Fsp3) is 0.300. The normalized spacial score (nSPS) is 18.8. The number of fused-ring (bicyclic) bond motifs is 1. The van der Waals surface area contributed by atoms with E-state index < -0.39 is 5.25 Å². The standard InChI is InChI=1S/C20H19FN2O2S/c21-14-5-3-4-13(10-14)12-23(15-8-9-15)19(24)11-18-20(25)22-16-6-1-2-7-17(16)26-18/h1-7,10,15,18H,8-9,11-12H2,(H,22,25). The zero-order valence-electron chi connectivity index (χ0n) is 14.2. The topological polar surface area (TPSA) is 49.4 Å². The van der Waals surface area contributed by atoms with Gasteiger partial charge in [0, 0.05) is 23.9 Å². The Hall–Kier alpha value is -2.34. The molecule has 2 amide bonds. The fourth-order valence-corrected chi connectivity index (χ4v) is 4.24. The van der Waals surface area contributed by atoms with Crippen molar-refractivity contribution >= 4 is 29.3 Å². The van der Waals surface area contributed by atoms with E-state index in [4.69, 9.17) is 0 Å². The van der Waals surface area contributed by atoms with Gasteiger partial charge in [0.15, 0.2) is 0 Å². The number of nitrogens with zero attached hydrogens (tertiary/aromatic N) is 1. The van der Waals surface area contributed by atoms with E-state index in [1.54, 1.807) is 11.0 Å². The monoisotopic (exact) mass is 370 g/mol. The maximum atomic E-state index is 13.4. The quantitative estimate of drug-likeness (QED) is 0.870. The van der Waals surface area contributed by atoms with Gasteiger partial charge in [-0.15, -0.1) is 11.8 Å². The highest BCUT2D eigenvalue weighted by atomic mass is 32.2. The van der Waals surface area contributed by atoms with Gasteiger partial charge in [0.05, 0.1) is 10.9 Å². The van der Waals surface area contributed by atoms with Crippen molar-refractivity contribution in [3.05, 3.63) is 59.9 Å². The SMILES string of the molecule is O=C1Nc2ccccc2SC1CC(=O)N(Cc1cccc(F)c1)C1CC1. The molecule has 0 radical (unpaired) electrons. The Balaban J connectivity index is 1.46. The minimum absolute atomic E-state index is 0.0520. The first-order chi connectivity index (χ1) is 12.6. The molecule has 2 aliphatic rings. The second kappa shape index (κ2) is 7.11. The summed E-state index contributed by atoms with van der Waals surface area (Å²) in [5.41, 5.74) is 1.57. The van der Waals surface area contributed by atoms with Gasteiger partial charge in [0.1, 0.15) is 5.82 Å².